The van der Waals surface area contributed by atoms with E-state index in [9.17, 15) is 9.59 Å². The summed E-state index contributed by atoms with van der Waals surface area (Å²) < 4.78 is 0. The topological polar surface area (TPSA) is 58.2 Å². The number of nitrogens with one attached hydrogen (secondary N) is 2. The summed E-state index contributed by atoms with van der Waals surface area (Å²) in [7, 11) is 0. The Balaban J connectivity index is 1.70. The summed E-state index contributed by atoms with van der Waals surface area (Å²) >= 11 is 0. The Bertz CT molecular complexity index is 494. The lowest BCUT2D eigenvalue weighted by Gasteiger charge is -2.14. The Morgan fingerprint density at radius 3 is 2.65 bits per heavy atom. The van der Waals surface area contributed by atoms with E-state index in [4.69, 9.17) is 0 Å². The van der Waals surface area contributed by atoms with E-state index >= 15 is 0 Å². The number of hydrogen-bond acceptors (Lipinski definition) is 3. The van der Waals surface area contributed by atoms with Crippen molar-refractivity contribution < 1.29 is 9.59 Å². The second-order valence-corrected chi connectivity index (χ2v) is 4.88. The first kappa shape index (κ1) is 14.5. The Labute approximate surface area is 119 Å². The maximum Gasteiger partial charge on any atom is 0.220 e. The van der Waals surface area contributed by atoms with Crippen LogP contribution in [0.4, 0.5) is 0 Å². The number of benzene rings is 1. The average Bonchev–Trinajstić information content (AvgIpc) is 2.52. The molecule has 1 aliphatic heterocycles. The summed E-state index contributed by atoms with van der Waals surface area (Å²) in [5, 5.41) is 6.10. The Hall–Kier alpha value is -1.94. The molecular weight excluding hydrogens is 252 g/mol. The van der Waals surface area contributed by atoms with Crippen LogP contribution in [0, 0.1) is 0 Å². The lowest BCUT2D eigenvalue weighted by atomic mass is 10.1. The van der Waals surface area contributed by atoms with Gasteiger partial charge in [-0.3, -0.25) is 9.59 Å². The highest BCUT2D eigenvalue weighted by Gasteiger charge is 2.09. The molecule has 0 saturated carbocycles. The summed E-state index contributed by atoms with van der Waals surface area (Å²) in [6.45, 7) is 2.44. The molecule has 0 atom stereocenters. The van der Waals surface area contributed by atoms with Crippen molar-refractivity contribution in [3.8, 4) is 0 Å². The largest absolute Gasteiger partial charge is 0.352 e. The van der Waals surface area contributed by atoms with Crippen molar-refractivity contribution >= 4 is 11.7 Å². The first-order chi connectivity index (χ1) is 9.75. The van der Waals surface area contributed by atoms with E-state index in [-0.39, 0.29) is 24.5 Å². The quantitative estimate of drug-likeness (QED) is 0.612. The molecule has 0 spiro atoms. The van der Waals surface area contributed by atoms with Crippen LogP contribution in [0.5, 0.6) is 0 Å². The molecule has 0 aromatic heterocycles. The third-order valence-corrected chi connectivity index (χ3v) is 3.35. The maximum absolute atomic E-state index is 11.9. The molecule has 1 heterocycles. The van der Waals surface area contributed by atoms with E-state index in [1.54, 1.807) is 12.1 Å². The van der Waals surface area contributed by atoms with Gasteiger partial charge in [0.2, 0.25) is 5.91 Å². The number of carbonyl (C=O) groups is 2. The number of amides is 1. The fraction of sp³-hybridized carbons (Fsp3) is 0.375. The van der Waals surface area contributed by atoms with Crippen molar-refractivity contribution in [2.75, 3.05) is 19.6 Å². The first-order valence-electron chi connectivity index (χ1n) is 6.99. The predicted molar refractivity (Wildman–Crippen MR) is 78.6 cm³/mol. The van der Waals surface area contributed by atoms with E-state index < -0.39 is 0 Å². The minimum Gasteiger partial charge on any atom is -0.352 e. The van der Waals surface area contributed by atoms with Gasteiger partial charge in [-0.15, -0.1) is 0 Å². The highest BCUT2D eigenvalue weighted by atomic mass is 16.2. The molecule has 1 amide bonds. The van der Waals surface area contributed by atoms with E-state index in [2.05, 4.69) is 16.7 Å². The van der Waals surface area contributed by atoms with Crippen molar-refractivity contribution in [2.24, 2.45) is 0 Å². The van der Waals surface area contributed by atoms with Crippen molar-refractivity contribution in [3.05, 3.63) is 47.5 Å². The lowest BCUT2D eigenvalue weighted by molar-refractivity contribution is -0.120. The van der Waals surface area contributed by atoms with Gasteiger partial charge < -0.3 is 10.6 Å². The van der Waals surface area contributed by atoms with Gasteiger partial charge in [-0.1, -0.05) is 42.0 Å². The fourth-order valence-corrected chi connectivity index (χ4v) is 2.13. The van der Waals surface area contributed by atoms with Gasteiger partial charge in [-0.2, -0.15) is 0 Å². The fourth-order valence-electron chi connectivity index (χ4n) is 2.13. The summed E-state index contributed by atoms with van der Waals surface area (Å²) in [6, 6.07) is 9.09. The molecule has 1 aromatic carbocycles. The number of carbonyl (C=O) groups excluding carboxylic acids is 2. The molecule has 0 fully saturated rings. The molecule has 106 valence electrons. The Morgan fingerprint density at radius 1 is 1.15 bits per heavy atom. The van der Waals surface area contributed by atoms with Gasteiger partial charge in [-0.25, -0.2) is 0 Å². The minimum absolute atomic E-state index is 0.0156. The molecule has 20 heavy (non-hydrogen) atoms. The molecule has 0 aliphatic carbocycles. The molecule has 1 aromatic rings. The first-order valence-corrected chi connectivity index (χ1v) is 6.99. The van der Waals surface area contributed by atoms with Crippen LogP contribution in [-0.2, 0) is 4.79 Å². The van der Waals surface area contributed by atoms with Crippen molar-refractivity contribution in [1.82, 2.24) is 10.6 Å². The van der Waals surface area contributed by atoms with Crippen LogP contribution in [0.25, 0.3) is 0 Å². The molecule has 0 saturated heterocycles. The molecule has 0 unspecified atom stereocenters. The Kier molecular flexibility index (Phi) is 5.50. The predicted octanol–water partition coefficient (Wildman–Crippen LogP) is 1.69. The second-order valence-electron chi connectivity index (χ2n) is 4.88. The van der Waals surface area contributed by atoms with E-state index in [1.165, 1.54) is 5.57 Å². The maximum atomic E-state index is 11.9. The summed E-state index contributed by atoms with van der Waals surface area (Å²) in [4.78, 5) is 23.6. The van der Waals surface area contributed by atoms with E-state index in [0.29, 0.717) is 12.1 Å². The SMILES string of the molecule is O=C(CCC(=O)c1ccccc1)NCC1=CCNCC1. The number of ketones is 1. The smallest absolute Gasteiger partial charge is 0.220 e. The Morgan fingerprint density at radius 2 is 1.95 bits per heavy atom. The van der Waals surface area contributed by atoms with Crippen LogP contribution in [0.3, 0.4) is 0 Å². The lowest BCUT2D eigenvalue weighted by Crippen LogP contribution is -2.29. The number of Topliss-reactive ketones (excluding diaryl/α,β-unsaturated/α-hetero) is 1. The molecule has 4 nitrogen and oxygen atoms in total. The van der Waals surface area contributed by atoms with Gasteiger partial charge in [0.1, 0.15) is 0 Å². The molecule has 1 aliphatic rings. The molecule has 0 radical (unpaired) electrons. The van der Waals surface area contributed by atoms with Crippen LogP contribution in [0.2, 0.25) is 0 Å². The summed E-state index contributed by atoms with van der Waals surface area (Å²) in [5.41, 5.74) is 1.92. The molecule has 0 bridgehead atoms. The van der Waals surface area contributed by atoms with Gasteiger partial charge >= 0.3 is 0 Å². The summed E-state index contributed by atoms with van der Waals surface area (Å²) in [6.07, 6.45) is 3.60. The second kappa shape index (κ2) is 7.60. The monoisotopic (exact) mass is 272 g/mol. The molecule has 4 heteroatoms. The number of rotatable bonds is 6. The highest BCUT2D eigenvalue weighted by molar-refractivity contribution is 5.97. The van der Waals surface area contributed by atoms with Crippen LogP contribution in [0.1, 0.15) is 29.6 Å². The third kappa shape index (κ3) is 4.63. The standard InChI is InChI=1S/C16H20N2O2/c19-15(14-4-2-1-3-5-14)6-7-16(20)18-12-13-8-10-17-11-9-13/h1-5,8,17H,6-7,9-12H2,(H,18,20). The van der Waals surface area contributed by atoms with Crippen LogP contribution in [-0.4, -0.2) is 31.3 Å². The zero-order valence-electron chi connectivity index (χ0n) is 11.5. The zero-order chi connectivity index (χ0) is 14.2. The van der Waals surface area contributed by atoms with Gasteiger partial charge in [0.15, 0.2) is 5.78 Å². The van der Waals surface area contributed by atoms with E-state index in [1.807, 2.05) is 18.2 Å². The van der Waals surface area contributed by atoms with Gasteiger partial charge in [0.25, 0.3) is 0 Å². The van der Waals surface area contributed by atoms with Gasteiger partial charge in [0.05, 0.1) is 0 Å². The van der Waals surface area contributed by atoms with E-state index in [0.717, 1.165) is 19.5 Å². The normalized spacial score (nSPS) is 14.5. The third-order valence-electron chi connectivity index (χ3n) is 3.35. The number of hydrogen-bond donors (Lipinski definition) is 2. The van der Waals surface area contributed by atoms with Crippen molar-refractivity contribution in [1.29, 1.82) is 0 Å². The molecule has 2 rings (SSSR count). The molecular formula is C16H20N2O2. The highest BCUT2D eigenvalue weighted by Crippen LogP contribution is 2.06. The average molecular weight is 272 g/mol. The minimum atomic E-state index is -0.0614. The van der Waals surface area contributed by atoms with Crippen LogP contribution < -0.4 is 10.6 Å². The summed E-state index contributed by atoms with van der Waals surface area (Å²) in [5.74, 6) is -0.0458. The van der Waals surface area contributed by atoms with Crippen molar-refractivity contribution in [3.63, 3.8) is 0 Å². The van der Waals surface area contributed by atoms with Crippen molar-refractivity contribution in [2.45, 2.75) is 19.3 Å². The van der Waals surface area contributed by atoms with Crippen LogP contribution >= 0.6 is 0 Å². The molecule has 2 N–H and O–H groups in total. The van der Waals surface area contributed by atoms with Gasteiger partial charge in [-0.05, 0) is 13.0 Å². The zero-order valence-corrected chi connectivity index (χ0v) is 11.5. The van der Waals surface area contributed by atoms with Gasteiger partial charge in [0, 0.05) is 31.5 Å². The van der Waals surface area contributed by atoms with Crippen LogP contribution in [0.15, 0.2) is 42.0 Å².